The number of benzene rings is 2. The third-order valence-electron chi connectivity index (χ3n) is 6.91. The molecule has 0 bridgehead atoms. The first-order chi connectivity index (χ1) is 21.2. The average Bonchev–Trinajstić information content (AvgIpc) is 3.02. The van der Waals surface area contributed by atoms with Gasteiger partial charge in [0.05, 0.1) is 18.6 Å². The van der Waals surface area contributed by atoms with Crippen molar-refractivity contribution in [1.82, 2.24) is 15.5 Å². The number of aliphatic hydroxyl groups is 1. The number of rotatable bonds is 19. The third-order valence-corrected chi connectivity index (χ3v) is 6.91. The molecule has 2 aromatic carbocycles. The first kappa shape index (κ1) is 35.8. The van der Waals surface area contributed by atoms with Crippen LogP contribution < -0.4 is 10.6 Å². The minimum Gasteiger partial charge on any atom is -0.462 e. The van der Waals surface area contributed by atoms with Crippen molar-refractivity contribution in [1.29, 1.82) is 0 Å². The molecule has 2 aromatic rings. The summed E-state index contributed by atoms with van der Waals surface area (Å²) >= 11 is 0. The lowest BCUT2D eigenvalue weighted by atomic mass is 9.97. The number of ether oxygens (including phenoxy) is 2. The molecule has 0 aliphatic rings. The monoisotopic (exact) mass is 607 g/mol. The number of allylic oxidation sites excluding steroid dienone is 1. The van der Waals surface area contributed by atoms with E-state index in [1.807, 2.05) is 74.5 Å². The maximum absolute atomic E-state index is 13.3. The molecule has 0 radical (unpaired) electrons. The Hall–Kier alpha value is -4.44. The summed E-state index contributed by atoms with van der Waals surface area (Å²) in [6, 6.07) is 17.0. The van der Waals surface area contributed by atoms with Crippen molar-refractivity contribution in [3.63, 3.8) is 0 Å². The van der Waals surface area contributed by atoms with Crippen molar-refractivity contribution in [3.8, 4) is 0 Å². The summed E-state index contributed by atoms with van der Waals surface area (Å²) in [6.07, 6.45) is 2.60. The van der Waals surface area contributed by atoms with Gasteiger partial charge in [0.2, 0.25) is 11.8 Å². The summed E-state index contributed by atoms with van der Waals surface area (Å²) in [5, 5.41) is 15.0. The van der Waals surface area contributed by atoms with Crippen LogP contribution >= 0.6 is 0 Å². The maximum Gasteiger partial charge on any atom is 0.408 e. The van der Waals surface area contributed by atoms with Crippen LogP contribution in [0.4, 0.5) is 4.79 Å². The molecule has 0 spiro atoms. The number of hydrogen-bond acceptors (Lipinski definition) is 7. The van der Waals surface area contributed by atoms with Crippen molar-refractivity contribution in [2.45, 2.75) is 58.3 Å². The van der Waals surface area contributed by atoms with Crippen molar-refractivity contribution in [3.05, 3.63) is 97.1 Å². The lowest BCUT2D eigenvalue weighted by Gasteiger charge is -2.27. The van der Waals surface area contributed by atoms with Gasteiger partial charge in [0.15, 0.2) is 0 Å². The second-order valence-electron chi connectivity index (χ2n) is 10.7. The second kappa shape index (κ2) is 19.7. The summed E-state index contributed by atoms with van der Waals surface area (Å²) in [5.41, 5.74) is 1.71. The van der Waals surface area contributed by atoms with Crippen LogP contribution in [0.15, 0.2) is 86.0 Å². The topological polar surface area (TPSA) is 134 Å². The predicted octanol–water partition coefficient (Wildman–Crippen LogP) is 4.15. The van der Waals surface area contributed by atoms with Crippen LogP contribution in [0, 0.1) is 11.8 Å². The number of amides is 3. The molecule has 10 nitrogen and oxygen atoms in total. The summed E-state index contributed by atoms with van der Waals surface area (Å²) in [4.78, 5) is 53.3. The van der Waals surface area contributed by atoms with Gasteiger partial charge in [-0.1, -0.05) is 86.7 Å². The van der Waals surface area contributed by atoms with E-state index in [2.05, 4.69) is 23.8 Å². The quantitative estimate of drug-likeness (QED) is 0.161. The number of hydrogen-bond donors (Lipinski definition) is 3. The molecule has 0 unspecified atom stereocenters. The molecule has 0 aliphatic heterocycles. The lowest BCUT2D eigenvalue weighted by Crippen LogP contribution is -2.47. The fourth-order valence-corrected chi connectivity index (χ4v) is 4.30. The van der Waals surface area contributed by atoms with Gasteiger partial charge >= 0.3 is 12.1 Å². The van der Waals surface area contributed by atoms with Gasteiger partial charge in [0.1, 0.15) is 19.3 Å². The molecule has 44 heavy (non-hydrogen) atoms. The maximum atomic E-state index is 13.3. The van der Waals surface area contributed by atoms with Gasteiger partial charge in [-0.15, -0.1) is 13.2 Å². The fraction of sp³-hybridized carbons (Fsp3) is 0.412. The van der Waals surface area contributed by atoms with Gasteiger partial charge < -0.3 is 30.1 Å². The van der Waals surface area contributed by atoms with E-state index in [0.717, 1.165) is 11.1 Å². The zero-order valence-electron chi connectivity index (χ0n) is 25.7. The van der Waals surface area contributed by atoms with Crippen LogP contribution in [-0.4, -0.2) is 65.7 Å². The molecule has 0 aromatic heterocycles. The Morgan fingerprint density at radius 1 is 0.886 bits per heavy atom. The first-order valence-electron chi connectivity index (χ1n) is 14.8. The molecule has 10 heteroatoms. The molecule has 3 amide bonds. The first-order valence-corrected chi connectivity index (χ1v) is 14.8. The summed E-state index contributed by atoms with van der Waals surface area (Å²) < 4.78 is 10.7. The van der Waals surface area contributed by atoms with Gasteiger partial charge in [0.25, 0.3) is 0 Å². The highest BCUT2D eigenvalue weighted by molar-refractivity contribution is 5.86. The number of nitrogens with zero attached hydrogens (tertiary/aromatic N) is 1. The summed E-state index contributed by atoms with van der Waals surface area (Å²) in [6.45, 7) is 11.3. The molecular weight excluding hydrogens is 562 g/mol. The number of esters is 1. The highest BCUT2D eigenvalue weighted by Gasteiger charge is 2.29. The number of aliphatic hydroxyl groups excluding tert-OH is 1. The Morgan fingerprint density at radius 3 is 2.07 bits per heavy atom. The van der Waals surface area contributed by atoms with Crippen LogP contribution in [0.3, 0.4) is 0 Å². The molecule has 3 N–H and O–H groups in total. The minimum absolute atomic E-state index is 0.0440. The van der Waals surface area contributed by atoms with E-state index in [9.17, 15) is 24.3 Å². The summed E-state index contributed by atoms with van der Waals surface area (Å²) in [5.74, 6) is -2.15. The normalized spacial score (nSPS) is 12.7. The zero-order chi connectivity index (χ0) is 32.3. The van der Waals surface area contributed by atoms with E-state index in [1.165, 1.54) is 11.0 Å². The number of carbonyl (C=O) groups is 4. The van der Waals surface area contributed by atoms with Gasteiger partial charge in [-0.2, -0.15) is 0 Å². The standard InChI is InChI=1S/C34H45N3O7/c1-5-13-28(21-31(39)37(19-20-38)22-26-15-9-7-10-16-26)32(40)35-30(25(3)4)24-43-33(41)29(14-6-2)36-34(42)44-23-27-17-11-8-12-18-27/h5-12,15-18,25,28-30,38H,1-2,13-14,19-24H2,3-4H3,(H,35,40)(H,36,42)/t28-,29-,30-/m1/s1. The summed E-state index contributed by atoms with van der Waals surface area (Å²) in [7, 11) is 0. The molecule has 238 valence electrons. The molecule has 0 saturated carbocycles. The largest absolute Gasteiger partial charge is 0.462 e. The van der Waals surface area contributed by atoms with Crippen LogP contribution in [0.1, 0.15) is 44.2 Å². The van der Waals surface area contributed by atoms with Crippen LogP contribution in [0.25, 0.3) is 0 Å². The lowest BCUT2D eigenvalue weighted by molar-refractivity contribution is -0.148. The average molecular weight is 608 g/mol. The van der Waals surface area contributed by atoms with E-state index < -0.39 is 30.1 Å². The van der Waals surface area contributed by atoms with Crippen LogP contribution in [-0.2, 0) is 37.0 Å². The van der Waals surface area contributed by atoms with Crippen molar-refractivity contribution in [2.75, 3.05) is 19.8 Å². The SMILES string of the molecule is C=CC[C@H](CC(=O)N(CCO)Cc1ccccc1)C(=O)N[C@H](COC(=O)[C@@H](CC=C)NC(=O)OCc1ccccc1)C(C)C. The van der Waals surface area contributed by atoms with E-state index in [0.29, 0.717) is 6.54 Å². The zero-order valence-corrected chi connectivity index (χ0v) is 25.7. The Kier molecular flexibility index (Phi) is 16.0. The van der Waals surface area contributed by atoms with Gasteiger partial charge in [-0.3, -0.25) is 9.59 Å². The minimum atomic E-state index is -1.02. The van der Waals surface area contributed by atoms with Gasteiger partial charge in [0, 0.05) is 19.5 Å². The number of nitrogens with one attached hydrogen (secondary N) is 2. The Balaban J connectivity index is 1.98. The molecule has 0 heterocycles. The Morgan fingerprint density at radius 2 is 1.50 bits per heavy atom. The second-order valence-corrected chi connectivity index (χ2v) is 10.7. The molecule has 2 rings (SSSR count). The van der Waals surface area contributed by atoms with Crippen molar-refractivity contribution in [2.24, 2.45) is 11.8 Å². The smallest absolute Gasteiger partial charge is 0.408 e. The van der Waals surface area contributed by atoms with Gasteiger partial charge in [-0.25, -0.2) is 9.59 Å². The number of alkyl carbamates (subject to hydrolysis) is 1. The predicted molar refractivity (Wildman–Crippen MR) is 168 cm³/mol. The van der Waals surface area contributed by atoms with E-state index in [4.69, 9.17) is 9.47 Å². The molecule has 0 saturated heterocycles. The molecule has 0 aliphatic carbocycles. The fourth-order valence-electron chi connectivity index (χ4n) is 4.30. The Labute approximate surface area is 260 Å². The highest BCUT2D eigenvalue weighted by Crippen LogP contribution is 2.16. The van der Waals surface area contributed by atoms with E-state index in [1.54, 1.807) is 6.08 Å². The number of carbonyl (C=O) groups excluding carboxylic acids is 4. The molecular formula is C34H45N3O7. The van der Waals surface area contributed by atoms with E-state index >= 15 is 0 Å². The Bertz CT molecular complexity index is 1200. The molecule has 3 atom stereocenters. The van der Waals surface area contributed by atoms with Crippen LogP contribution in [0.5, 0.6) is 0 Å². The van der Waals surface area contributed by atoms with Crippen molar-refractivity contribution >= 4 is 23.9 Å². The van der Waals surface area contributed by atoms with Crippen molar-refractivity contribution < 1.29 is 33.8 Å². The van der Waals surface area contributed by atoms with Crippen LogP contribution in [0.2, 0.25) is 0 Å². The highest BCUT2D eigenvalue weighted by atomic mass is 16.6. The molecule has 0 fully saturated rings. The van der Waals surface area contributed by atoms with E-state index in [-0.39, 0.29) is 63.4 Å². The third kappa shape index (κ3) is 12.8. The van der Waals surface area contributed by atoms with Gasteiger partial charge in [-0.05, 0) is 29.9 Å².